The number of hydrogen-bond acceptors (Lipinski definition) is 5. The lowest BCUT2D eigenvalue weighted by atomic mass is 9.97. The number of aryl methyl sites for hydroxylation is 1. The van der Waals surface area contributed by atoms with Gasteiger partial charge in [-0.1, -0.05) is 25.1 Å². The highest BCUT2D eigenvalue weighted by molar-refractivity contribution is 5.86. The molecule has 7 heteroatoms. The van der Waals surface area contributed by atoms with Gasteiger partial charge < -0.3 is 10.6 Å². The Morgan fingerprint density at radius 3 is 2.85 bits per heavy atom. The summed E-state index contributed by atoms with van der Waals surface area (Å²) in [4.78, 5) is 6.91. The molecule has 2 aliphatic rings. The van der Waals surface area contributed by atoms with Crippen LogP contribution < -0.4 is 10.6 Å². The Hall–Kier alpha value is -3.03. The Morgan fingerprint density at radius 2 is 2.06 bits per heavy atom. The number of benzene rings is 2. The van der Waals surface area contributed by atoms with Crippen molar-refractivity contribution in [1.29, 1.82) is 0 Å². The largest absolute Gasteiger partial charge is 0.381 e. The highest BCUT2D eigenvalue weighted by atomic mass is 19.1. The van der Waals surface area contributed by atoms with Gasteiger partial charge in [-0.05, 0) is 74.0 Å². The number of piperidine rings is 1. The van der Waals surface area contributed by atoms with Crippen LogP contribution in [0, 0.1) is 5.82 Å². The van der Waals surface area contributed by atoms with E-state index in [-0.39, 0.29) is 5.82 Å². The maximum Gasteiger partial charge on any atom is 0.123 e. The molecular formula is C27H33FN6. The molecule has 5 rings (SSSR count). The zero-order valence-corrected chi connectivity index (χ0v) is 19.8. The Bertz CT molecular complexity index is 1210. The van der Waals surface area contributed by atoms with Crippen molar-refractivity contribution in [1.82, 2.24) is 25.7 Å². The first-order chi connectivity index (χ1) is 16.7. The molecule has 0 amide bonds. The minimum atomic E-state index is -0.215. The zero-order chi connectivity index (χ0) is 23.5. The maximum absolute atomic E-state index is 13.9. The predicted molar refractivity (Wildman–Crippen MR) is 136 cm³/mol. The molecule has 6 nitrogen and oxygen atoms in total. The van der Waals surface area contributed by atoms with E-state index in [9.17, 15) is 4.39 Å². The van der Waals surface area contributed by atoms with Crippen molar-refractivity contribution in [2.45, 2.75) is 45.2 Å². The van der Waals surface area contributed by atoms with E-state index >= 15 is 0 Å². The van der Waals surface area contributed by atoms with Gasteiger partial charge in [-0.3, -0.25) is 15.0 Å². The van der Waals surface area contributed by atoms with Gasteiger partial charge in [0.05, 0.1) is 23.5 Å². The van der Waals surface area contributed by atoms with E-state index in [4.69, 9.17) is 0 Å². The van der Waals surface area contributed by atoms with E-state index in [1.54, 1.807) is 6.07 Å². The van der Waals surface area contributed by atoms with Gasteiger partial charge in [0.25, 0.3) is 0 Å². The number of aromatic nitrogens is 2. The van der Waals surface area contributed by atoms with E-state index in [0.717, 1.165) is 78.0 Å². The van der Waals surface area contributed by atoms with Gasteiger partial charge in [-0.2, -0.15) is 5.10 Å². The number of nitrogens with one attached hydrogen (secondary N) is 3. The van der Waals surface area contributed by atoms with Gasteiger partial charge in [0.2, 0.25) is 0 Å². The van der Waals surface area contributed by atoms with Crippen LogP contribution in [0.2, 0.25) is 0 Å². The molecule has 0 radical (unpaired) electrons. The molecule has 3 aromatic rings. The second-order valence-corrected chi connectivity index (χ2v) is 9.22. The quantitative estimate of drug-likeness (QED) is 0.458. The molecule has 1 saturated heterocycles. The normalized spacial score (nSPS) is 17.9. The molecule has 34 heavy (non-hydrogen) atoms. The molecule has 0 aliphatic carbocycles. The molecule has 0 unspecified atom stereocenters. The van der Waals surface area contributed by atoms with Crippen LogP contribution in [-0.4, -0.2) is 54.0 Å². The third-order valence-electron chi connectivity index (χ3n) is 7.24. The average Bonchev–Trinajstić information content (AvgIpc) is 3.30. The average molecular weight is 461 g/mol. The van der Waals surface area contributed by atoms with E-state index in [1.807, 2.05) is 6.07 Å². The lowest BCUT2D eigenvalue weighted by Gasteiger charge is -2.37. The highest BCUT2D eigenvalue weighted by Crippen LogP contribution is 2.29. The smallest absolute Gasteiger partial charge is 0.123 e. The number of nitrogens with zero attached hydrogens (tertiary/aromatic N) is 3. The predicted octanol–water partition coefficient (Wildman–Crippen LogP) is 4.39. The molecule has 1 fully saturated rings. The third-order valence-corrected chi connectivity index (χ3v) is 7.24. The summed E-state index contributed by atoms with van der Waals surface area (Å²) in [5, 5.41) is 15.8. The topological polar surface area (TPSA) is 68.3 Å². The molecule has 2 aliphatic heterocycles. The summed E-state index contributed by atoms with van der Waals surface area (Å²) < 4.78 is 13.9. The van der Waals surface area contributed by atoms with Gasteiger partial charge in [-0.25, -0.2) is 4.39 Å². The number of aromatic amines is 1. The minimum absolute atomic E-state index is 0.215. The van der Waals surface area contributed by atoms with Crippen molar-refractivity contribution in [3.05, 3.63) is 64.9 Å². The summed E-state index contributed by atoms with van der Waals surface area (Å²) in [5.41, 5.74) is 7.20. The van der Waals surface area contributed by atoms with Crippen molar-refractivity contribution in [2.75, 3.05) is 26.2 Å². The van der Waals surface area contributed by atoms with E-state index < -0.39 is 0 Å². The van der Waals surface area contributed by atoms with E-state index in [1.165, 1.54) is 24.6 Å². The number of rotatable bonds is 7. The van der Waals surface area contributed by atoms with Gasteiger partial charge in [-0.15, -0.1) is 0 Å². The van der Waals surface area contributed by atoms with Crippen LogP contribution in [0.5, 0.6) is 0 Å². The fraction of sp³-hybridized carbons (Fsp3) is 0.407. The second-order valence-electron chi connectivity index (χ2n) is 9.22. The first kappa shape index (κ1) is 22.7. The highest BCUT2D eigenvalue weighted by Gasteiger charge is 2.26. The van der Waals surface area contributed by atoms with Crippen LogP contribution in [0.25, 0.3) is 22.0 Å². The number of H-pyrrole nitrogens is 1. The van der Waals surface area contributed by atoms with Gasteiger partial charge in [0.15, 0.2) is 0 Å². The SMILES string of the molecule is C=NC1=C(NCc2n[nH]c3cc(-c4cc(F)ccc4CC)ccc23)CCN(C2CCNCC2)C1. The lowest BCUT2D eigenvalue weighted by molar-refractivity contribution is 0.167. The van der Waals surface area contributed by atoms with Crippen molar-refractivity contribution >= 4 is 17.6 Å². The van der Waals surface area contributed by atoms with E-state index in [2.05, 4.69) is 62.6 Å². The Balaban J connectivity index is 1.31. The number of fused-ring (bicyclic) bond motifs is 1. The molecule has 0 atom stereocenters. The molecule has 1 aromatic heterocycles. The van der Waals surface area contributed by atoms with Crippen molar-refractivity contribution in [3.63, 3.8) is 0 Å². The van der Waals surface area contributed by atoms with Crippen LogP contribution >= 0.6 is 0 Å². The zero-order valence-electron chi connectivity index (χ0n) is 19.8. The van der Waals surface area contributed by atoms with Gasteiger partial charge in [0.1, 0.15) is 5.82 Å². The standard InChI is InChI=1S/C27H33FN6/c1-3-18-4-6-20(28)15-23(18)19-5-7-22-25(14-19)32-33-26(22)16-31-24-10-13-34(17-27(24)29-2)21-8-11-30-12-9-21/h4-7,14-15,21,30-31H,2-3,8-13,16-17H2,1H3,(H,32,33). The van der Waals surface area contributed by atoms with Gasteiger partial charge in [0, 0.05) is 36.6 Å². The lowest BCUT2D eigenvalue weighted by Crippen LogP contribution is -2.46. The summed E-state index contributed by atoms with van der Waals surface area (Å²) in [5.74, 6) is -0.215. The molecule has 3 heterocycles. The minimum Gasteiger partial charge on any atom is -0.381 e. The van der Waals surface area contributed by atoms with E-state index in [0.29, 0.717) is 12.6 Å². The van der Waals surface area contributed by atoms with Crippen LogP contribution in [0.4, 0.5) is 4.39 Å². The third kappa shape index (κ3) is 4.63. The fourth-order valence-electron chi connectivity index (χ4n) is 5.28. The molecule has 0 saturated carbocycles. The Morgan fingerprint density at radius 1 is 1.21 bits per heavy atom. The van der Waals surface area contributed by atoms with Crippen molar-refractivity contribution < 1.29 is 4.39 Å². The molecule has 3 N–H and O–H groups in total. The van der Waals surface area contributed by atoms with Crippen LogP contribution in [0.3, 0.4) is 0 Å². The fourth-order valence-corrected chi connectivity index (χ4v) is 5.28. The summed E-state index contributed by atoms with van der Waals surface area (Å²) in [6.45, 7) is 10.6. The first-order valence-corrected chi connectivity index (χ1v) is 12.3. The summed E-state index contributed by atoms with van der Waals surface area (Å²) in [6.07, 6.45) is 4.20. The number of aliphatic imine (C=N–C) groups is 1. The van der Waals surface area contributed by atoms with Crippen LogP contribution in [0.15, 0.2) is 52.8 Å². The molecular weight excluding hydrogens is 427 g/mol. The molecule has 0 bridgehead atoms. The van der Waals surface area contributed by atoms with Crippen molar-refractivity contribution in [3.8, 4) is 11.1 Å². The van der Waals surface area contributed by atoms with Gasteiger partial charge >= 0.3 is 0 Å². The summed E-state index contributed by atoms with van der Waals surface area (Å²) in [6, 6.07) is 11.8. The molecule has 0 spiro atoms. The summed E-state index contributed by atoms with van der Waals surface area (Å²) >= 11 is 0. The molecule has 178 valence electrons. The monoisotopic (exact) mass is 460 g/mol. The second kappa shape index (κ2) is 10.1. The number of hydrogen-bond donors (Lipinski definition) is 3. The van der Waals surface area contributed by atoms with Crippen molar-refractivity contribution in [2.24, 2.45) is 4.99 Å². The maximum atomic E-state index is 13.9. The first-order valence-electron chi connectivity index (χ1n) is 12.3. The van der Waals surface area contributed by atoms with Crippen LogP contribution in [0.1, 0.15) is 37.4 Å². The Kier molecular flexibility index (Phi) is 6.74. The Labute approximate surface area is 200 Å². The van der Waals surface area contributed by atoms with Crippen LogP contribution in [-0.2, 0) is 13.0 Å². The summed E-state index contributed by atoms with van der Waals surface area (Å²) in [7, 11) is 0. The molecule has 2 aromatic carbocycles. The number of halogens is 1.